The molecule has 0 aliphatic rings. The van der Waals surface area contributed by atoms with Crippen molar-refractivity contribution in [2.24, 2.45) is 10.8 Å². The van der Waals surface area contributed by atoms with Crippen molar-refractivity contribution in [2.75, 3.05) is 0 Å². The van der Waals surface area contributed by atoms with Gasteiger partial charge < -0.3 is 9.84 Å². The van der Waals surface area contributed by atoms with E-state index in [1.54, 1.807) is 0 Å². The maximum Gasteiger partial charge on any atom is 0.311 e. The van der Waals surface area contributed by atoms with Crippen molar-refractivity contribution >= 4 is 11.9 Å². The first-order valence-electron chi connectivity index (χ1n) is 9.35. The summed E-state index contributed by atoms with van der Waals surface area (Å²) in [6.07, 6.45) is 0.582. The number of carboxylic acids is 1. The second-order valence-electron chi connectivity index (χ2n) is 8.88. The first-order chi connectivity index (χ1) is 13.4. The van der Waals surface area contributed by atoms with E-state index in [1.165, 1.54) is 36.4 Å². The molecule has 0 aliphatic heterocycles. The molecule has 0 saturated carbocycles. The molecule has 0 bridgehead atoms. The van der Waals surface area contributed by atoms with Crippen molar-refractivity contribution in [1.29, 1.82) is 0 Å². The topological polar surface area (TPSA) is 63.6 Å². The number of hydrogen-bond acceptors (Lipinski definition) is 3. The van der Waals surface area contributed by atoms with Crippen molar-refractivity contribution in [1.82, 2.24) is 0 Å². The summed E-state index contributed by atoms with van der Waals surface area (Å²) >= 11 is 0. The molecule has 0 spiro atoms. The molecule has 4 nitrogen and oxygen atoms in total. The van der Waals surface area contributed by atoms with Crippen LogP contribution in [0.4, 0.5) is 8.78 Å². The predicted molar refractivity (Wildman–Crippen MR) is 106 cm³/mol. The van der Waals surface area contributed by atoms with Crippen molar-refractivity contribution in [3.8, 4) is 16.9 Å². The third-order valence-electron chi connectivity index (χ3n) is 4.54. The fourth-order valence-corrected chi connectivity index (χ4v) is 3.81. The van der Waals surface area contributed by atoms with E-state index in [9.17, 15) is 18.4 Å². The number of ether oxygens (including phenoxy) is 1. The van der Waals surface area contributed by atoms with Gasteiger partial charge in [-0.05, 0) is 47.1 Å². The third-order valence-corrected chi connectivity index (χ3v) is 4.54. The Morgan fingerprint density at radius 2 is 1.52 bits per heavy atom. The number of rotatable bonds is 8. The van der Waals surface area contributed by atoms with E-state index < -0.39 is 34.4 Å². The Balaban J connectivity index is 2.04. The van der Waals surface area contributed by atoms with Gasteiger partial charge in [0, 0.05) is 11.6 Å². The lowest BCUT2D eigenvalue weighted by Crippen LogP contribution is -2.28. The number of hydrogen-bond donors (Lipinski definition) is 1. The average Bonchev–Trinajstić information content (AvgIpc) is 2.52. The second-order valence-corrected chi connectivity index (χ2v) is 8.88. The normalized spacial score (nSPS) is 11.9. The number of benzene rings is 2. The molecule has 0 heterocycles. The fourth-order valence-electron chi connectivity index (χ4n) is 3.81. The monoisotopic (exact) mass is 404 g/mol. The lowest BCUT2D eigenvalue weighted by molar-refractivity contribution is -0.139. The molecule has 6 heteroatoms. The first-order valence-corrected chi connectivity index (χ1v) is 9.35. The van der Waals surface area contributed by atoms with E-state index >= 15 is 0 Å². The van der Waals surface area contributed by atoms with Gasteiger partial charge in [-0.3, -0.25) is 9.59 Å². The molecular formula is C23H26F2O4. The van der Waals surface area contributed by atoms with Gasteiger partial charge in [0.05, 0.1) is 12.8 Å². The lowest BCUT2D eigenvalue weighted by atomic mass is 9.72. The van der Waals surface area contributed by atoms with Crippen molar-refractivity contribution in [2.45, 2.75) is 47.0 Å². The molecule has 0 aliphatic carbocycles. The van der Waals surface area contributed by atoms with Gasteiger partial charge in [-0.15, -0.1) is 0 Å². The molecule has 0 amide bonds. The Labute approximate surface area is 169 Å². The maximum absolute atomic E-state index is 14.4. The summed E-state index contributed by atoms with van der Waals surface area (Å²) < 4.78 is 32.7. The van der Waals surface area contributed by atoms with Gasteiger partial charge in [-0.25, -0.2) is 8.78 Å². The van der Waals surface area contributed by atoms with Crippen molar-refractivity contribution in [3.05, 3.63) is 54.1 Å². The van der Waals surface area contributed by atoms with Gasteiger partial charge in [-0.2, -0.15) is 0 Å². The van der Waals surface area contributed by atoms with E-state index in [-0.39, 0.29) is 24.2 Å². The van der Waals surface area contributed by atoms with Gasteiger partial charge >= 0.3 is 11.9 Å². The van der Waals surface area contributed by atoms with Crippen LogP contribution in [0.1, 0.15) is 47.0 Å². The highest BCUT2D eigenvalue weighted by atomic mass is 19.1. The molecule has 0 unspecified atom stereocenters. The van der Waals surface area contributed by atoms with Gasteiger partial charge in [-0.1, -0.05) is 39.8 Å². The highest BCUT2D eigenvalue weighted by Crippen LogP contribution is 2.38. The van der Waals surface area contributed by atoms with Gasteiger partial charge in [0.1, 0.15) is 17.4 Å². The molecule has 29 heavy (non-hydrogen) atoms. The minimum absolute atomic E-state index is 0.00152. The number of carbonyl (C=O) groups is 2. The third kappa shape index (κ3) is 6.97. The predicted octanol–water partition coefficient (Wildman–Crippen LogP) is 5.84. The molecule has 2 aromatic carbocycles. The van der Waals surface area contributed by atoms with Crippen molar-refractivity contribution < 1.29 is 28.2 Å². The zero-order valence-corrected chi connectivity index (χ0v) is 17.1. The van der Waals surface area contributed by atoms with E-state index in [2.05, 4.69) is 0 Å². The summed E-state index contributed by atoms with van der Waals surface area (Å²) in [5.41, 5.74) is -0.162. The summed E-state index contributed by atoms with van der Waals surface area (Å²) in [7, 11) is 0. The number of carboxylic acid groups (broad SMARTS) is 1. The van der Waals surface area contributed by atoms with Gasteiger partial charge in [0.15, 0.2) is 0 Å². The van der Waals surface area contributed by atoms with Crippen LogP contribution in [0.25, 0.3) is 11.1 Å². The summed E-state index contributed by atoms with van der Waals surface area (Å²) in [5, 5.41) is 9.02. The Hall–Kier alpha value is -2.76. The van der Waals surface area contributed by atoms with Crippen LogP contribution in [-0.2, 0) is 9.59 Å². The standard InChI is InChI=1S/C23H26F2O4/c1-22(2,12-20(26)27)14-23(3,4)13-21(28)29-17-9-10-18(19(25)11-17)15-5-7-16(24)8-6-15/h5-11H,12-14H2,1-4H3,(H,26,27). The molecule has 0 aromatic heterocycles. The maximum atomic E-state index is 14.4. The van der Waals surface area contributed by atoms with E-state index in [1.807, 2.05) is 27.7 Å². The number of esters is 1. The SMILES string of the molecule is CC(C)(CC(=O)O)CC(C)(C)CC(=O)Oc1ccc(-c2ccc(F)cc2)c(F)c1. The molecule has 0 atom stereocenters. The highest BCUT2D eigenvalue weighted by Gasteiger charge is 2.33. The van der Waals surface area contributed by atoms with E-state index in [4.69, 9.17) is 9.84 Å². The fraction of sp³-hybridized carbons (Fsp3) is 0.391. The quantitative estimate of drug-likeness (QED) is 0.443. The molecule has 0 fully saturated rings. The second kappa shape index (κ2) is 8.72. The van der Waals surface area contributed by atoms with Crippen LogP contribution in [0.15, 0.2) is 42.5 Å². The van der Waals surface area contributed by atoms with Gasteiger partial charge in [0.25, 0.3) is 0 Å². The number of halogens is 2. The molecule has 0 saturated heterocycles. The minimum atomic E-state index is -0.884. The van der Waals surface area contributed by atoms with Crippen LogP contribution in [0, 0.1) is 22.5 Å². The van der Waals surface area contributed by atoms with Crippen LogP contribution >= 0.6 is 0 Å². The highest BCUT2D eigenvalue weighted by molar-refractivity contribution is 5.74. The Morgan fingerprint density at radius 1 is 0.931 bits per heavy atom. The minimum Gasteiger partial charge on any atom is -0.481 e. The Bertz CT molecular complexity index is 886. The summed E-state index contributed by atoms with van der Waals surface area (Å²) in [6.45, 7) is 7.43. The summed E-state index contributed by atoms with van der Waals surface area (Å²) in [4.78, 5) is 23.3. The molecule has 1 N–H and O–H groups in total. The smallest absolute Gasteiger partial charge is 0.311 e. The zero-order chi connectivity index (χ0) is 21.8. The van der Waals surface area contributed by atoms with Gasteiger partial charge in [0.2, 0.25) is 0 Å². The van der Waals surface area contributed by atoms with Crippen LogP contribution < -0.4 is 4.74 Å². The molecular weight excluding hydrogens is 378 g/mol. The molecule has 2 aromatic rings. The summed E-state index contributed by atoms with van der Waals surface area (Å²) in [6, 6.07) is 9.53. The Kier molecular flexibility index (Phi) is 6.77. The molecule has 0 radical (unpaired) electrons. The van der Waals surface area contributed by atoms with Crippen LogP contribution in [0.2, 0.25) is 0 Å². The largest absolute Gasteiger partial charge is 0.481 e. The van der Waals surface area contributed by atoms with Crippen LogP contribution in [0.5, 0.6) is 5.75 Å². The average molecular weight is 404 g/mol. The van der Waals surface area contributed by atoms with Crippen LogP contribution in [0.3, 0.4) is 0 Å². The van der Waals surface area contributed by atoms with E-state index in [0.29, 0.717) is 12.0 Å². The van der Waals surface area contributed by atoms with Crippen molar-refractivity contribution in [3.63, 3.8) is 0 Å². The van der Waals surface area contributed by atoms with Crippen LogP contribution in [-0.4, -0.2) is 17.0 Å². The molecule has 2 rings (SSSR count). The number of aliphatic carboxylic acids is 1. The number of carbonyl (C=O) groups excluding carboxylic acids is 1. The summed E-state index contributed by atoms with van der Waals surface area (Å²) in [5.74, 6) is -2.31. The lowest BCUT2D eigenvalue weighted by Gasteiger charge is -2.33. The zero-order valence-electron chi connectivity index (χ0n) is 17.1. The first kappa shape index (κ1) is 22.5. The molecule has 156 valence electrons. The van der Waals surface area contributed by atoms with E-state index in [0.717, 1.165) is 6.07 Å². The Morgan fingerprint density at radius 3 is 2.07 bits per heavy atom.